The van der Waals surface area contributed by atoms with Gasteiger partial charge in [0.25, 0.3) is 0 Å². The van der Waals surface area contributed by atoms with Crippen molar-refractivity contribution in [3.05, 3.63) is 63.6 Å². The Balaban J connectivity index is 1.82. The van der Waals surface area contributed by atoms with Crippen molar-refractivity contribution in [2.24, 2.45) is 0 Å². The lowest BCUT2D eigenvalue weighted by molar-refractivity contribution is 0.0627. The number of aromatic amines is 1. The van der Waals surface area contributed by atoms with Gasteiger partial charge < -0.3 is 9.52 Å². The Morgan fingerprint density at radius 3 is 2.60 bits per heavy atom. The van der Waals surface area contributed by atoms with Crippen molar-refractivity contribution in [1.82, 2.24) is 9.71 Å². The molecule has 0 saturated carbocycles. The summed E-state index contributed by atoms with van der Waals surface area (Å²) >= 11 is 5.81. The van der Waals surface area contributed by atoms with Crippen LogP contribution in [0, 0.1) is 0 Å². The van der Waals surface area contributed by atoms with Crippen molar-refractivity contribution in [3.63, 3.8) is 0 Å². The topological polar surface area (TPSA) is 112 Å². The summed E-state index contributed by atoms with van der Waals surface area (Å²) in [4.78, 5) is 13.5. The maximum Gasteiger partial charge on any atom is 0.417 e. The molecule has 1 heterocycles. The number of halogens is 1. The molecular weight excluding hydrogens is 368 g/mol. The lowest BCUT2D eigenvalue weighted by Gasteiger charge is -2.24. The lowest BCUT2D eigenvalue weighted by Crippen LogP contribution is -2.38. The molecule has 0 aliphatic heterocycles. The van der Waals surface area contributed by atoms with Gasteiger partial charge in [-0.15, -0.1) is 0 Å². The number of aliphatic hydroxyl groups is 1. The van der Waals surface area contributed by atoms with E-state index in [0.29, 0.717) is 16.1 Å². The molecule has 9 heteroatoms. The van der Waals surface area contributed by atoms with Crippen LogP contribution in [0.15, 0.2) is 56.6 Å². The quantitative estimate of drug-likeness (QED) is 0.624. The van der Waals surface area contributed by atoms with Crippen LogP contribution in [0.5, 0.6) is 0 Å². The molecule has 0 aliphatic carbocycles. The van der Waals surface area contributed by atoms with Gasteiger partial charge in [0, 0.05) is 17.6 Å². The van der Waals surface area contributed by atoms with Crippen molar-refractivity contribution in [2.75, 3.05) is 6.54 Å². The van der Waals surface area contributed by atoms with E-state index in [9.17, 15) is 18.3 Å². The third-order valence-corrected chi connectivity index (χ3v) is 5.43. The van der Waals surface area contributed by atoms with E-state index in [-0.39, 0.29) is 17.0 Å². The van der Waals surface area contributed by atoms with E-state index in [4.69, 9.17) is 16.0 Å². The summed E-state index contributed by atoms with van der Waals surface area (Å²) in [7, 11) is -3.90. The number of hydrogen-bond acceptors (Lipinski definition) is 5. The zero-order chi connectivity index (χ0) is 18.2. The zero-order valence-corrected chi connectivity index (χ0v) is 14.7. The minimum Gasteiger partial charge on any atom is -0.408 e. The van der Waals surface area contributed by atoms with Gasteiger partial charge in [0.2, 0.25) is 10.0 Å². The van der Waals surface area contributed by atoms with E-state index >= 15 is 0 Å². The molecule has 1 atom stereocenters. The van der Waals surface area contributed by atoms with Gasteiger partial charge in [-0.2, -0.15) is 0 Å². The van der Waals surface area contributed by atoms with E-state index < -0.39 is 21.4 Å². The molecule has 3 N–H and O–H groups in total. The van der Waals surface area contributed by atoms with E-state index in [1.54, 1.807) is 24.3 Å². The van der Waals surface area contributed by atoms with E-state index in [0.717, 1.165) is 0 Å². The summed E-state index contributed by atoms with van der Waals surface area (Å²) in [5.74, 6) is -0.664. The van der Waals surface area contributed by atoms with Crippen molar-refractivity contribution < 1.29 is 17.9 Å². The summed E-state index contributed by atoms with van der Waals surface area (Å²) in [5, 5.41) is 11.0. The first-order valence-electron chi connectivity index (χ1n) is 7.28. The zero-order valence-electron chi connectivity index (χ0n) is 13.1. The van der Waals surface area contributed by atoms with Gasteiger partial charge in [-0.3, -0.25) is 4.98 Å². The molecule has 0 spiro atoms. The van der Waals surface area contributed by atoms with Crippen LogP contribution in [-0.2, 0) is 15.6 Å². The molecule has 2 aromatic carbocycles. The molecule has 0 amide bonds. The minimum absolute atomic E-state index is 0.0744. The molecule has 1 aromatic heterocycles. The largest absolute Gasteiger partial charge is 0.417 e. The highest BCUT2D eigenvalue weighted by Crippen LogP contribution is 2.23. The minimum atomic E-state index is -3.90. The van der Waals surface area contributed by atoms with Crippen molar-refractivity contribution >= 4 is 32.7 Å². The number of aromatic nitrogens is 1. The number of H-pyrrole nitrogens is 1. The summed E-state index contributed by atoms with van der Waals surface area (Å²) in [6.45, 7) is 1.25. The van der Waals surface area contributed by atoms with Gasteiger partial charge in [-0.1, -0.05) is 23.7 Å². The first-order chi connectivity index (χ1) is 11.7. The molecule has 25 heavy (non-hydrogen) atoms. The standard InChI is InChI=1S/C16H15ClN2O5S/c1-16(21,10-2-4-11(17)5-3-10)9-18-25(22,23)12-6-7-13-14(8-12)24-15(20)19-13/h2-8,18,21H,9H2,1H3,(H,19,20). The van der Waals surface area contributed by atoms with Gasteiger partial charge in [-0.25, -0.2) is 17.9 Å². The van der Waals surface area contributed by atoms with Crippen LogP contribution in [0.2, 0.25) is 5.02 Å². The van der Waals surface area contributed by atoms with Crippen LogP contribution in [0.3, 0.4) is 0 Å². The first kappa shape index (κ1) is 17.7. The Bertz CT molecular complexity index is 1070. The maximum absolute atomic E-state index is 12.4. The fraction of sp³-hybridized carbons (Fsp3) is 0.188. The van der Waals surface area contributed by atoms with E-state index in [1.807, 2.05) is 0 Å². The SMILES string of the molecule is CC(O)(CNS(=O)(=O)c1ccc2[nH]c(=O)oc2c1)c1ccc(Cl)cc1. The average Bonchev–Trinajstić information content (AvgIpc) is 2.93. The monoisotopic (exact) mass is 382 g/mol. The van der Waals surface area contributed by atoms with E-state index in [1.165, 1.54) is 25.1 Å². The van der Waals surface area contributed by atoms with Crippen molar-refractivity contribution in [1.29, 1.82) is 0 Å². The second kappa shape index (κ2) is 6.30. The second-order valence-corrected chi connectivity index (χ2v) is 7.98. The van der Waals surface area contributed by atoms with E-state index in [2.05, 4.69) is 9.71 Å². The molecule has 7 nitrogen and oxygen atoms in total. The van der Waals surface area contributed by atoms with Gasteiger partial charge in [0.15, 0.2) is 5.58 Å². The predicted octanol–water partition coefficient (Wildman–Crippen LogP) is 1.96. The molecule has 3 aromatic rings. The highest BCUT2D eigenvalue weighted by atomic mass is 35.5. The number of benzene rings is 2. The highest BCUT2D eigenvalue weighted by molar-refractivity contribution is 7.89. The molecular formula is C16H15ClN2O5S. The number of hydrogen-bond donors (Lipinski definition) is 3. The first-order valence-corrected chi connectivity index (χ1v) is 9.14. The average molecular weight is 383 g/mol. The summed E-state index contributed by atoms with van der Waals surface area (Å²) < 4.78 is 32.1. The Labute approximate surface area is 148 Å². The van der Waals surface area contributed by atoms with Crippen LogP contribution in [0.1, 0.15) is 12.5 Å². The van der Waals surface area contributed by atoms with Crippen molar-refractivity contribution in [2.45, 2.75) is 17.4 Å². The summed E-state index contributed by atoms with van der Waals surface area (Å²) in [5.41, 5.74) is -0.372. The molecule has 0 radical (unpaired) electrons. The predicted molar refractivity (Wildman–Crippen MR) is 93.0 cm³/mol. The fourth-order valence-corrected chi connectivity index (χ4v) is 3.60. The van der Waals surface area contributed by atoms with Crippen LogP contribution in [-0.4, -0.2) is 25.1 Å². The molecule has 132 valence electrons. The Morgan fingerprint density at radius 2 is 1.92 bits per heavy atom. The Kier molecular flexibility index (Phi) is 4.46. The van der Waals surface area contributed by atoms with Gasteiger partial charge in [0.05, 0.1) is 10.4 Å². The maximum atomic E-state index is 12.4. The van der Waals surface area contributed by atoms with Crippen molar-refractivity contribution in [3.8, 4) is 0 Å². The van der Waals surface area contributed by atoms with Crippen LogP contribution < -0.4 is 10.5 Å². The smallest absolute Gasteiger partial charge is 0.408 e. The van der Waals surface area contributed by atoms with Gasteiger partial charge in [-0.05, 0) is 36.8 Å². The number of sulfonamides is 1. The van der Waals surface area contributed by atoms with Crippen LogP contribution in [0.4, 0.5) is 0 Å². The molecule has 0 bridgehead atoms. The van der Waals surface area contributed by atoms with Gasteiger partial charge in [0.1, 0.15) is 5.60 Å². The van der Waals surface area contributed by atoms with Crippen LogP contribution >= 0.6 is 11.6 Å². The third kappa shape index (κ3) is 3.77. The Morgan fingerprint density at radius 1 is 1.24 bits per heavy atom. The number of nitrogens with one attached hydrogen (secondary N) is 2. The number of fused-ring (bicyclic) bond motifs is 1. The Hall–Kier alpha value is -2.13. The molecule has 0 fully saturated rings. The second-order valence-electron chi connectivity index (χ2n) is 5.78. The fourth-order valence-electron chi connectivity index (χ4n) is 2.32. The number of oxazole rings is 1. The normalized spacial score (nSPS) is 14.5. The van der Waals surface area contributed by atoms with Crippen LogP contribution in [0.25, 0.3) is 11.1 Å². The molecule has 0 saturated heterocycles. The summed E-state index contributed by atoms with van der Waals surface area (Å²) in [6.07, 6.45) is 0. The molecule has 0 aliphatic rings. The number of rotatable bonds is 5. The molecule has 3 rings (SSSR count). The molecule has 1 unspecified atom stereocenters. The summed E-state index contributed by atoms with van der Waals surface area (Å²) in [6, 6.07) is 10.5. The lowest BCUT2D eigenvalue weighted by atomic mass is 9.97. The highest BCUT2D eigenvalue weighted by Gasteiger charge is 2.26. The third-order valence-electron chi connectivity index (χ3n) is 3.78. The van der Waals surface area contributed by atoms with Gasteiger partial charge >= 0.3 is 5.76 Å².